The summed E-state index contributed by atoms with van der Waals surface area (Å²) in [6.07, 6.45) is -1.95. The third-order valence-electron chi connectivity index (χ3n) is 5.67. The maximum Gasteiger partial charge on any atom is 0.269 e. The van der Waals surface area contributed by atoms with Gasteiger partial charge in [0.1, 0.15) is 35.5 Å². The minimum Gasteiger partial charge on any atom is -0.368 e. The molecule has 0 radical (unpaired) electrons. The Labute approximate surface area is 205 Å². The molecule has 4 rings (SSSR count). The lowest BCUT2D eigenvalue weighted by atomic mass is 9.98. The highest BCUT2D eigenvalue weighted by molar-refractivity contribution is 8.14. The van der Waals surface area contributed by atoms with Crippen molar-refractivity contribution >= 4 is 27.0 Å². The molecular weight excluding hydrogens is 476 g/mol. The summed E-state index contributed by atoms with van der Waals surface area (Å²) in [5.41, 5.74) is 1.60. The largest absolute Gasteiger partial charge is 0.368 e. The van der Waals surface area contributed by atoms with Gasteiger partial charge >= 0.3 is 0 Å². The Balaban J connectivity index is 1.63. The smallest absolute Gasteiger partial charge is 0.269 e. The molecule has 8 nitrogen and oxygen atoms in total. The van der Waals surface area contributed by atoms with E-state index >= 15 is 0 Å². The van der Waals surface area contributed by atoms with Crippen molar-refractivity contribution in [1.82, 2.24) is 4.90 Å². The van der Waals surface area contributed by atoms with E-state index in [0.29, 0.717) is 13.2 Å². The summed E-state index contributed by atoms with van der Waals surface area (Å²) in [7, 11) is 1.18. The van der Waals surface area contributed by atoms with Crippen LogP contribution in [-0.4, -0.2) is 75.2 Å². The minimum absolute atomic E-state index is 0.290. The first kappa shape index (κ1) is 25.2. The monoisotopic (exact) mass is 506 g/mol. The lowest BCUT2D eigenvalue weighted by Gasteiger charge is -2.42. The zero-order chi connectivity index (χ0) is 24.1. The molecule has 0 N–H and O–H groups in total. The zero-order valence-corrected chi connectivity index (χ0v) is 21.1. The van der Waals surface area contributed by atoms with E-state index in [1.54, 1.807) is 0 Å². The van der Waals surface area contributed by atoms with Gasteiger partial charge in [-0.2, -0.15) is 8.42 Å². The van der Waals surface area contributed by atoms with Gasteiger partial charge in [-0.3, -0.25) is 9.18 Å². The Bertz CT molecular complexity index is 1070. The van der Waals surface area contributed by atoms with Crippen molar-refractivity contribution in [1.29, 1.82) is 0 Å². The van der Waals surface area contributed by atoms with Crippen molar-refractivity contribution in [2.75, 3.05) is 27.0 Å². The Hall–Kier alpha value is -1.95. The van der Waals surface area contributed by atoms with E-state index in [0.717, 1.165) is 23.4 Å². The number of benzene rings is 2. The van der Waals surface area contributed by atoms with Gasteiger partial charge in [0.05, 0.1) is 20.3 Å². The van der Waals surface area contributed by atoms with Crippen molar-refractivity contribution in [3.63, 3.8) is 0 Å². The molecule has 2 aliphatic heterocycles. The quantitative estimate of drug-likeness (QED) is 0.480. The average Bonchev–Trinajstić information content (AvgIpc) is 3.27. The van der Waals surface area contributed by atoms with Crippen LogP contribution in [0.5, 0.6) is 0 Å². The highest BCUT2D eigenvalue weighted by Crippen LogP contribution is 2.40. The maximum absolute atomic E-state index is 12.4. The predicted molar refractivity (Wildman–Crippen MR) is 132 cm³/mol. The molecule has 1 fully saturated rings. The fourth-order valence-corrected chi connectivity index (χ4v) is 5.90. The van der Waals surface area contributed by atoms with E-state index < -0.39 is 28.4 Å². The first-order valence-electron chi connectivity index (χ1n) is 11.0. The molecule has 2 aromatic carbocycles. The van der Waals surface area contributed by atoms with E-state index in [4.69, 9.17) is 23.4 Å². The first-order valence-corrected chi connectivity index (χ1v) is 13.5. The van der Waals surface area contributed by atoms with Gasteiger partial charge in [0.15, 0.2) is 5.17 Å². The Kier molecular flexibility index (Phi) is 8.28. The lowest BCUT2D eigenvalue weighted by Crippen LogP contribution is -2.58. The molecule has 0 saturated carbocycles. The molecule has 0 aliphatic carbocycles. The van der Waals surface area contributed by atoms with Crippen molar-refractivity contribution in [3.8, 4) is 0 Å². The van der Waals surface area contributed by atoms with E-state index in [1.807, 2.05) is 79.7 Å². The van der Waals surface area contributed by atoms with Gasteiger partial charge in [0, 0.05) is 14.1 Å². The van der Waals surface area contributed by atoms with Gasteiger partial charge in [0.2, 0.25) is 0 Å². The second-order valence-corrected chi connectivity index (χ2v) is 11.2. The van der Waals surface area contributed by atoms with Crippen LogP contribution in [0.15, 0.2) is 65.7 Å². The molecule has 2 aromatic rings. The van der Waals surface area contributed by atoms with Crippen LogP contribution in [0.2, 0.25) is 0 Å². The summed E-state index contributed by atoms with van der Waals surface area (Å²) >= 11 is 1.46. The number of rotatable bonds is 9. The van der Waals surface area contributed by atoms with Crippen LogP contribution in [0.1, 0.15) is 11.1 Å². The fraction of sp³-hybridized carbons (Fsp3) is 0.458. The normalized spacial score (nSPS) is 26.7. The van der Waals surface area contributed by atoms with Gasteiger partial charge in [-0.15, -0.1) is 0 Å². The van der Waals surface area contributed by atoms with Crippen molar-refractivity contribution in [2.45, 2.75) is 43.0 Å². The van der Waals surface area contributed by atoms with E-state index in [1.165, 1.54) is 11.8 Å². The molecule has 2 aliphatic rings. The molecule has 0 unspecified atom stereocenters. The Morgan fingerprint density at radius 3 is 2.03 bits per heavy atom. The summed E-state index contributed by atoms with van der Waals surface area (Å²) in [6.45, 7) is 0.638. The Morgan fingerprint density at radius 1 is 0.941 bits per heavy atom. The molecular formula is C24H30N2O6S2. The maximum atomic E-state index is 12.4. The van der Waals surface area contributed by atoms with Crippen LogP contribution < -0.4 is 0 Å². The number of fused-ring (bicyclic) bond motifs is 1. The summed E-state index contributed by atoms with van der Waals surface area (Å²) in [6, 6.07) is 19.2. The van der Waals surface area contributed by atoms with Crippen molar-refractivity contribution in [2.24, 2.45) is 4.99 Å². The molecule has 0 aromatic heterocycles. The van der Waals surface area contributed by atoms with Crippen molar-refractivity contribution in [3.05, 3.63) is 71.8 Å². The summed E-state index contributed by atoms with van der Waals surface area (Å²) in [5.74, 6) is -0.338. The average molecular weight is 507 g/mol. The molecule has 34 heavy (non-hydrogen) atoms. The van der Waals surface area contributed by atoms with E-state index in [2.05, 4.69) is 0 Å². The third-order valence-corrected chi connectivity index (χ3v) is 8.22. The standard InChI is InChI=1S/C24H30N2O6S2/c1-26(2)24-25-20-22(31-15-18-12-8-5-9-13-18)21(30-14-17-10-6-4-7-11-17)19(32-23(20)33-24)16-34(27,28)29-3/h4-13,19-23H,14-16H2,1-3H3/t19-,20+,21+,22+,23+/m0/s1. The Morgan fingerprint density at radius 2 is 1.50 bits per heavy atom. The summed E-state index contributed by atoms with van der Waals surface area (Å²) < 4.78 is 48.5. The van der Waals surface area contributed by atoms with Crippen molar-refractivity contribution < 1.29 is 26.8 Å². The molecule has 2 heterocycles. The number of thioether (sulfide) groups is 1. The van der Waals surface area contributed by atoms with E-state index in [9.17, 15) is 8.42 Å². The van der Waals surface area contributed by atoms with Crippen LogP contribution in [0.3, 0.4) is 0 Å². The van der Waals surface area contributed by atoms with E-state index in [-0.39, 0.29) is 17.2 Å². The number of amidine groups is 1. The van der Waals surface area contributed by atoms with Crippen LogP contribution in [0.4, 0.5) is 0 Å². The number of ether oxygens (including phenoxy) is 3. The third kappa shape index (κ3) is 6.18. The molecule has 5 atom stereocenters. The number of hydrogen-bond donors (Lipinski definition) is 0. The highest BCUT2D eigenvalue weighted by atomic mass is 32.2. The highest BCUT2D eigenvalue weighted by Gasteiger charge is 2.52. The minimum atomic E-state index is -3.80. The summed E-state index contributed by atoms with van der Waals surface area (Å²) in [4.78, 5) is 6.77. The van der Waals surface area contributed by atoms with Gasteiger partial charge in [-0.1, -0.05) is 72.4 Å². The molecule has 1 saturated heterocycles. The molecule has 0 amide bonds. The molecule has 0 spiro atoms. The molecule has 184 valence electrons. The molecule has 10 heteroatoms. The topological polar surface area (TPSA) is 86.7 Å². The van der Waals surface area contributed by atoms with Gasteiger partial charge in [-0.25, -0.2) is 0 Å². The predicted octanol–water partition coefficient (Wildman–Crippen LogP) is 2.89. The number of nitrogens with zero attached hydrogens (tertiary/aromatic N) is 2. The zero-order valence-electron chi connectivity index (χ0n) is 19.4. The molecule has 0 bridgehead atoms. The van der Waals surface area contributed by atoms with Crippen LogP contribution >= 0.6 is 11.8 Å². The summed E-state index contributed by atoms with van der Waals surface area (Å²) in [5, 5.41) is 0.806. The fourth-order valence-electron chi connectivity index (χ4n) is 3.94. The second kappa shape index (κ2) is 11.2. The van der Waals surface area contributed by atoms with Crippen LogP contribution in [0, 0.1) is 0 Å². The van der Waals surface area contributed by atoms with Crippen LogP contribution in [0.25, 0.3) is 0 Å². The van der Waals surface area contributed by atoms with Gasteiger partial charge in [0.25, 0.3) is 10.1 Å². The van der Waals surface area contributed by atoms with Crippen LogP contribution in [-0.2, 0) is 41.7 Å². The first-order chi connectivity index (χ1) is 16.4. The number of aliphatic imine (C=N–C) groups is 1. The number of hydrogen-bond acceptors (Lipinski definition) is 9. The lowest BCUT2D eigenvalue weighted by molar-refractivity contribution is -0.191. The SMILES string of the molecule is COS(=O)(=O)C[C@@H]1O[C@@H]2SC(N(C)C)=N[C@@H]2[C@@H](OCc2ccccc2)[C@@H]1OCc1ccccc1. The van der Waals surface area contributed by atoms with Gasteiger partial charge in [-0.05, 0) is 11.1 Å². The second-order valence-electron chi connectivity index (χ2n) is 8.37. The van der Waals surface area contributed by atoms with Gasteiger partial charge < -0.3 is 19.1 Å².